The lowest BCUT2D eigenvalue weighted by atomic mass is 9.95. The first-order valence-corrected chi connectivity index (χ1v) is 13.5. The smallest absolute Gasteiger partial charge is 0.279 e. The second-order valence-electron chi connectivity index (χ2n) is 9.05. The molecule has 1 aromatic heterocycles. The van der Waals surface area contributed by atoms with E-state index in [0.717, 1.165) is 44.2 Å². The van der Waals surface area contributed by atoms with Crippen LogP contribution >= 0.6 is 0 Å². The van der Waals surface area contributed by atoms with Crippen LogP contribution < -0.4 is 15.0 Å². The fourth-order valence-electron chi connectivity index (χ4n) is 4.92. The summed E-state index contributed by atoms with van der Waals surface area (Å²) in [5.74, 6) is -1.26. The van der Waals surface area contributed by atoms with E-state index in [1.807, 2.05) is 9.40 Å². The minimum absolute atomic E-state index is 0.0211. The summed E-state index contributed by atoms with van der Waals surface area (Å²) in [6, 6.07) is 16.6. The van der Waals surface area contributed by atoms with Gasteiger partial charge in [-0.2, -0.15) is 0 Å². The van der Waals surface area contributed by atoms with Gasteiger partial charge in [0.1, 0.15) is 16.5 Å². The average molecular weight is 524 g/mol. The van der Waals surface area contributed by atoms with Crippen molar-refractivity contribution in [2.75, 3.05) is 7.11 Å². The Morgan fingerprint density at radius 1 is 1.00 bits per heavy atom. The molecular weight excluding hydrogens is 497 g/mol. The van der Waals surface area contributed by atoms with Gasteiger partial charge in [-0.1, -0.05) is 31.4 Å². The van der Waals surface area contributed by atoms with Crippen molar-refractivity contribution in [3.63, 3.8) is 0 Å². The Labute approximate surface area is 213 Å². The lowest BCUT2D eigenvalue weighted by molar-refractivity contribution is 0.0981. The Balaban J connectivity index is 1.59. The third-order valence-corrected chi connectivity index (χ3v) is 8.10. The van der Waals surface area contributed by atoms with Crippen molar-refractivity contribution in [2.24, 2.45) is 0 Å². The van der Waals surface area contributed by atoms with E-state index < -0.39 is 26.6 Å². The quantitative estimate of drug-likeness (QED) is 0.399. The predicted octanol–water partition coefficient (Wildman–Crippen LogP) is 4.56. The van der Waals surface area contributed by atoms with Crippen molar-refractivity contribution in [3.05, 3.63) is 88.5 Å². The van der Waals surface area contributed by atoms with Crippen molar-refractivity contribution < 1.29 is 22.3 Å². The summed E-state index contributed by atoms with van der Waals surface area (Å²) < 4.78 is 50.0. The summed E-state index contributed by atoms with van der Waals surface area (Å²) in [7, 11) is -2.88. The van der Waals surface area contributed by atoms with Crippen LogP contribution in [-0.2, 0) is 10.0 Å². The maximum absolute atomic E-state index is 14.0. The molecule has 5 rings (SSSR count). The van der Waals surface area contributed by atoms with Crippen LogP contribution in [0.4, 0.5) is 4.39 Å². The van der Waals surface area contributed by atoms with Crippen LogP contribution in [0, 0.1) is 5.82 Å². The molecule has 0 spiro atoms. The summed E-state index contributed by atoms with van der Waals surface area (Å²) in [6.45, 7) is 0. The Kier molecular flexibility index (Phi) is 6.59. The van der Waals surface area contributed by atoms with Crippen molar-refractivity contribution in [2.45, 2.75) is 43.0 Å². The Hall–Kier alpha value is -3.92. The molecule has 1 N–H and O–H groups in total. The number of amides is 1. The molecule has 0 aliphatic heterocycles. The van der Waals surface area contributed by atoms with Gasteiger partial charge < -0.3 is 4.74 Å². The van der Waals surface area contributed by atoms with Gasteiger partial charge in [-0.3, -0.25) is 14.3 Å². The number of hydrogen-bond donors (Lipinski definition) is 1. The molecule has 0 saturated heterocycles. The number of carbonyl (C=O) groups excluding carboxylic acids is 1. The van der Waals surface area contributed by atoms with Gasteiger partial charge >= 0.3 is 0 Å². The molecule has 4 aromatic rings. The average Bonchev–Trinajstić information content (AvgIpc) is 3.20. The number of hydrogen-bond acceptors (Lipinski definition) is 5. The van der Waals surface area contributed by atoms with Crippen LogP contribution in [0.2, 0.25) is 0 Å². The van der Waals surface area contributed by atoms with E-state index in [0.29, 0.717) is 17.0 Å². The number of carbonyl (C=O) groups is 1. The van der Waals surface area contributed by atoms with Gasteiger partial charge in [-0.15, -0.1) is 0 Å². The zero-order chi connectivity index (χ0) is 26.2. The van der Waals surface area contributed by atoms with Crippen LogP contribution in [0.15, 0.2) is 76.4 Å². The Bertz CT molecular complexity index is 1640. The van der Waals surface area contributed by atoms with Crippen molar-refractivity contribution in [3.8, 4) is 11.4 Å². The van der Waals surface area contributed by atoms with E-state index >= 15 is 0 Å². The van der Waals surface area contributed by atoms with Gasteiger partial charge in [-0.25, -0.2) is 22.2 Å². The van der Waals surface area contributed by atoms with Crippen molar-refractivity contribution in [1.29, 1.82) is 0 Å². The summed E-state index contributed by atoms with van der Waals surface area (Å²) >= 11 is 0. The molecule has 192 valence electrons. The number of sulfonamides is 1. The Morgan fingerprint density at radius 3 is 2.38 bits per heavy atom. The maximum atomic E-state index is 14.0. The largest absolute Gasteiger partial charge is 0.497 e. The second kappa shape index (κ2) is 9.85. The number of ether oxygens (including phenoxy) is 1. The number of aromatic nitrogens is 2. The molecule has 1 aliphatic carbocycles. The molecule has 0 radical (unpaired) electrons. The fourth-order valence-corrected chi connectivity index (χ4v) is 5.97. The summed E-state index contributed by atoms with van der Waals surface area (Å²) in [4.78, 5) is 25.9. The summed E-state index contributed by atoms with van der Waals surface area (Å²) in [5, 5.41) is 0.289. The molecule has 1 saturated carbocycles. The second-order valence-corrected chi connectivity index (χ2v) is 10.7. The van der Waals surface area contributed by atoms with E-state index in [4.69, 9.17) is 4.74 Å². The van der Waals surface area contributed by atoms with Gasteiger partial charge in [0.15, 0.2) is 0 Å². The van der Waals surface area contributed by atoms with E-state index in [1.165, 1.54) is 24.3 Å². The maximum Gasteiger partial charge on any atom is 0.279 e. The summed E-state index contributed by atoms with van der Waals surface area (Å²) in [5.41, 5.74) is 0.964. The number of fused-ring (bicyclic) bond motifs is 1. The first-order valence-electron chi connectivity index (χ1n) is 12.0. The number of nitrogens with one attached hydrogen (secondary N) is 1. The summed E-state index contributed by atoms with van der Waals surface area (Å²) in [6.07, 6.45) is 5.08. The topological polar surface area (TPSA) is 99.4 Å². The number of nitrogens with zero attached hydrogens (tertiary/aromatic N) is 2. The Morgan fingerprint density at radius 2 is 1.70 bits per heavy atom. The molecule has 1 aliphatic rings. The van der Waals surface area contributed by atoms with Crippen LogP contribution in [0.25, 0.3) is 16.6 Å². The van der Waals surface area contributed by atoms with E-state index in [-0.39, 0.29) is 22.6 Å². The normalized spacial score (nSPS) is 14.5. The van der Waals surface area contributed by atoms with Crippen LogP contribution in [0.1, 0.15) is 48.5 Å². The molecule has 8 nitrogen and oxygen atoms in total. The lowest BCUT2D eigenvalue weighted by Crippen LogP contribution is -2.31. The first-order chi connectivity index (χ1) is 17.8. The van der Waals surface area contributed by atoms with Gasteiger partial charge in [0.2, 0.25) is 0 Å². The van der Waals surface area contributed by atoms with Crippen LogP contribution in [-0.4, -0.2) is 30.8 Å². The first kappa shape index (κ1) is 24.8. The zero-order valence-corrected chi connectivity index (χ0v) is 21.0. The molecular formula is C27H26FN3O5S. The van der Waals surface area contributed by atoms with Crippen LogP contribution in [0.5, 0.6) is 5.75 Å². The molecule has 37 heavy (non-hydrogen) atoms. The molecule has 10 heteroatoms. The molecule has 1 heterocycles. The highest BCUT2D eigenvalue weighted by atomic mass is 32.2. The number of methoxy groups -OCH3 is 1. The molecule has 1 fully saturated rings. The van der Waals surface area contributed by atoms with Gasteiger partial charge in [0.05, 0.1) is 29.7 Å². The minimum Gasteiger partial charge on any atom is -0.497 e. The van der Waals surface area contributed by atoms with Crippen LogP contribution in [0.3, 0.4) is 0 Å². The molecule has 3 aromatic carbocycles. The van der Waals surface area contributed by atoms with Gasteiger partial charge in [0, 0.05) is 5.56 Å². The van der Waals surface area contributed by atoms with E-state index in [9.17, 15) is 22.4 Å². The monoisotopic (exact) mass is 523 g/mol. The van der Waals surface area contributed by atoms with Gasteiger partial charge in [-0.05, 0) is 67.4 Å². The highest BCUT2D eigenvalue weighted by molar-refractivity contribution is 7.90. The van der Waals surface area contributed by atoms with Gasteiger partial charge in [0.25, 0.3) is 21.5 Å². The SMILES string of the molecule is COc1ccc(-n2c(=O)c3cc(C(=O)NS(=O)(=O)c4ccccc4F)ccc3n2C2CCCCC2)cc1. The molecule has 0 atom stereocenters. The fraction of sp³-hybridized carbons (Fsp3) is 0.259. The highest BCUT2D eigenvalue weighted by Crippen LogP contribution is 2.32. The molecule has 0 bridgehead atoms. The highest BCUT2D eigenvalue weighted by Gasteiger charge is 2.26. The zero-order valence-electron chi connectivity index (χ0n) is 20.2. The predicted molar refractivity (Wildman–Crippen MR) is 137 cm³/mol. The van der Waals surface area contributed by atoms with Crippen molar-refractivity contribution >= 4 is 26.8 Å². The molecule has 1 amide bonds. The van der Waals surface area contributed by atoms with E-state index in [2.05, 4.69) is 0 Å². The molecule has 0 unspecified atom stereocenters. The van der Waals surface area contributed by atoms with E-state index in [1.54, 1.807) is 42.1 Å². The third-order valence-electron chi connectivity index (χ3n) is 6.73. The number of benzene rings is 3. The minimum atomic E-state index is -4.45. The number of halogens is 1. The standard InChI is InChI=1S/C27H26FN3O5S/c1-36-21-14-12-20(13-15-21)31-27(33)22-17-18(11-16-24(22)30(31)19-7-3-2-4-8-19)26(32)29-37(34,35)25-10-6-5-9-23(25)28/h5-6,9-17,19H,2-4,7-8H2,1H3,(H,29,32). The lowest BCUT2D eigenvalue weighted by Gasteiger charge is -2.26. The van der Waals surface area contributed by atoms with Crippen molar-refractivity contribution in [1.82, 2.24) is 14.1 Å². The third kappa shape index (κ3) is 4.64. The number of rotatable bonds is 6.